The molecule has 0 radical (unpaired) electrons. The second-order valence-corrected chi connectivity index (χ2v) is 6.56. The van der Waals surface area contributed by atoms with E-state index in [4.69, 9.17) is 21.1 Å². The molecule has 0 spiro atoms. The van der Waals surface area contributed by atoms with Crippen molar-refractivity contribution in [3.8, 4) is 5.75 Å². The predicted molar refractivity (Wildman–Crippen MR) is 102 cm³/mol. The maximum Gasteiger partial charge on any atom is 0.339 e. The highest BCUT2D eigenvalue weighted by Crippen LogP contribution is 2.32. The topological polar surface area (TPSA) is 80.4 Å². The highest BCUT2D eigenvalue weighted by atomic mass is 35.5. The molecule has 0 saturated heterocycles. The number of esters is 1. The van der Waals surface area contributed by atoms with Crippen LogP contribution in [0.4, 0.5) is 5.69 Å². The average molecular weight is 379 g/mol. The van der Waals surface area contributed by atoms with Gasteiger partial charge in [0.05, 0.1) is 37.2 Å². The number of hydrogen-bond donors (Lipinski definition) is 2. The average Bonchev–Trinajstić information content (AvgIpc) is 2.90. The number of nitrogens with one attached hydrogen (secondary N) is 2. The van der Waals surface area contributed by atoms with E-state index in [0.29, 0.717) is 39.0 Å². The van der Waals surface area contributed by atoms with E-state index in [1.165, 1.54) is 7.11 Å². The van der Waals surface area contributed by atoms with Crippen LogP contribution in [0.25, 0.3) is 0 Å². The molecule has 1 heterocycles. The van der Waals surface area contributed by atoms with Crippen molar-refractivity contribution < 1.29 is 19.1 Å². The SMILES string of the molecule is COC(=O)c1c(C)[nH]c(C(=O)[C@@H](C)Nc2cc(C)c(Cl)cc2OC)c1C. The van der Waals surface area contributed by atoms with Gasteiger partial charge in [-0.25, -0.2) is 4.79 Å². The number of carbonyl (C=O) groups is 2. The van der Waals surface area contributed by atoms with Crippen LogP contribution in [-0.4, -0.2) is 37.0 Å². The molecule has 140 valence electrons. The molecule has 1 atom stereocenters. The van der Waals surface area contributed by atoms with E-state index in [0.717, 1.165) is 5.56 Å². The quantitative estimate of drug-likeness (QED) is 0.585. The molecule has 1 aromatic carbocycles. The number of hydrogen-bond acceptors (Lipinski definition) is 5. The molecule has 6 nitrogen and oxygen atoms in total. The smallest absolute Gasteiger partial charge is 0.339 e. The van der Waals surface area contributed by atoms with Gasteiger partial charge in [-0.15, -0.1) is 0 Å². The van der Waals surface area contributed by atoms with Crippen molar-refractivity contribution in [1.29, 1.82) is 0 Å². The lowest BCUT2D eigenvalue weighted by molar-refractivity contribution is 0.0599. The zero-order valence-electron chi connectivity index (χ0n) is 15.7. The molecule has 0 aliphatic rings. The lowest BCUT2D eigenvalue weighted by Gasteiger charge is -2.18. The number of rotatable bonds is 6. The Bertz CT molecular complexity index is 858. The third kappa shape index (κ3) is 3.70. The fourth-order valence-electron chi connectivity index (χ4n) is 2.86. The molecule has 0 aliphatic carbocycles. The van der Waals surface area contributed by atoms with Gasteiger partial charge in [-0.05, 0) is 44.9 Å². The predicted octanol–water partition coefficient (Wildman–Crippen LogP) is 4.07. The Morgan fingerprint density at radius 3 is 2.42 bits per heavy atom. The van der Waals surface area contributed by atoms with E-state index in [9.17, 15) is 9.59 Å². The molecular formula is C19H23ClN2O4. The van der Waals surface area contributed by atoms with E-state index in [1.807, 2.05) is 13.0 Å². The van der Waals surface area contributed by atoms with Gasteiger partial charge in [0.15, 0.2) is 0 Å². The molecule has 0 unspecified atom stereocenters. The van der Waals surface area contributed by atoms with Crippen LogP contribution in [0.15, 0.2) is 12.1 Å². The van der Waals surface area contributed by atoms with Crippen LogP contribution >= 0.6 is 11.6 Å². The van der Waals surface area contributed by atoms with Gasteiger partial charge in [0, 0.05) is 16.8 Å². The van der Waals surface area contributed by atoms with E-state index in [-0.39, 0.29) is 5.78 Å². The van der Waals surface area contributed by atoms with Gasteiger partial charge in [0.2, 0.25) is 5.78 Å². The van der Waals surface area contributed by atoms with E-state index in [2.05, 4.69) is 10.3 Å². The number of carbonyl (C=O) groups excluding carboxylic acids is 2. The molecule has 7 heteroatoms. The first-order chi connectivity index (χ1) is 12.2. The summed E-state index contributed by atoms with van der Waals surface area (Å²) in [6.45, 7) is 7.09. The molecule has 2 rings (SSSR count). The molecule has 26 heavy (non-hydrogen) atoms. The normalized spacial score (nSPS) is 11.8. The van der Waals surface area contributed by atoms with Crippen LogP contribution < -0.4 is 10.1 Å². The summed E-state index contributed by atoms with van der Waals surface area (Å²) in [6, 6.07) is 2.99. The molecule has 0 amide bonds. The number of aromatic amines is 1. The molecule has 1 aromatic heterocycles. The lowest BCUT2D eigenvalue weighted by atomic mass is 10.0. The summed E-state index contributed by atoms with van der Waals surface area (Å²) in [5.74, 6) is -0.0868. The first kappa shape index (κ1) is 19.8. The summed E-state index contributed by atoms with van der Waals surface area (Å²) in [7, 11) is 2.86. The first-order valence-electron chi connectivity index (χ1n) is 8.13. The highest BCUT2D eigenvalue weighted by Gasteiger charge is 2.26. The molecule has 0 bridgehead atoms. The number of anilines is 1. The second-order valence-electron chi connectivity index (χ2n) is 6.15. The van der Waals surface area contributed by atoms with Crippen LogP contribution in [-0.2, 0) is 4.74 Å². The third-order valence-corrected chi connectivity index (χ3v) is 4.73. The number of ketones is 1. The lowest BCUT2D eigenvalue weighted by Crippen LogP contribution is -2.27. The Labute approximate surface area is 157 Å². The Morgan fingerprint density at radius 1 is 1.19 bits per heavy atom. The number of aromatic nitrogens is 1. The van der Waals surface area contributed by atoms with Crippen LogP contribution in [0.2, 0.25) is 5.02 Å². The number of ether oxygens (including phenoxy) is 2. The van der Waals surface area contributed by atoms with Crippen molar-refractivity contribution in [1.82, 2.24) is 4.98 Å². The maximum absolute atomic E-state index is 12.9. The van der Waals surface area contributed by atoms with Crippen molar-refractivity contribution >= 4 is 29.0 Å². The van der Waals surface area contributed by atoms with Crippen LogP contribution in [0.1, 0.15) is 44.6 Å². The maximum atomic E-state index is 12.9. The first-order valence-corrected chi connectivity index (χ1v) is 8.51. The molecule has 0 saturated carbocycles. The fraction of sp³-hybridized carbons (Fsp3) is 0.368. The van der Waals surface area contributed by atoms with Gasteiger partial charge >= 0.3 is 5.97 Å². The van der Waals surface area contributed by atoms with Crippen LogP contribution in [0, 0.1) is 20.8 Å². The minimum atomic E-state index is -0.549. The van der Waals surface area contributed by atoms with Crippen LogP contribution in [0.3, 0.4) is 0 Å². The Hall–Kier alpha value is -2.47. The zero-order chi connectivity index (χ0) is 19.6. The van der Waals surface area contributed by atoms with Crippen molar-refractivity contribution in [2.45, 2.75) is 33.7 Å². The molecule has 0 aliphatic heterocycles. The molecular weight excluding hydrogens is 356 g/mol. The Morgan fingerprint density at radius 2 is 1.85 bits per heavy atom. The second kappa shape index (κ2) is 7.83. The summed E-state index contributed by atoms with van der Waals surface area (Å²) in [6.07, 6.45) is 0. The number of H-pyrrole nitrogens is 1. The van der Waals surface area contributed by atoms with Gasteiger partial charge in [-0.1, -0.05) is 11.6 Å². The van der Waals surface area contributed by atoms with Gasteiger partial charge in [0.1, 0.15) is 5.75 Å². The van der Waals surface area contributed by atoms with E-state index in [1.54, 1.807) is 33.9 Å². The largest absolute Gasteiger partial charge is 0.495 e. The van der Waals surface area contributed by atoms with Crippen molar-refractivity contribution in [3.05, 3.63) is 45.2 Å². The van der Waals surface area contributed by atoms with Gasteiger partial charge in [-0.3, -0.25) is 4.79 Å². The Balaban J connectivity index is 2.32. The summed E-state index contributed by atoms with van der Waals surface area (Å²) >= 11 is 6.12. The Kier molecular flexibility index (Phi) is 5.97. The van der Waals surface area contributed by atoms with Crippen molar-refractivity contribution in [2.24, 2.45) is 0 Å². The number of methoxy groups -OCH3 is 2. The number of aryl methyl sites for hydroxylation is 2. The van der Waals surface area contributed by atoms with Gasteiger partial charge in [0.25, 0.3) is 0 Å². The minimum Gasteiger partial charge on any atom is -0.495 e. The summed E-state index contributed by atoms with van der Waals surface area (Å²) in [5, 5.41) is 3.75. The standard InChI is InChI=1S/C19H23ClN2O4/c1-9-7-14(15(25-5)8-13(9)20)21-12(4)18(23)17-10(2)16(11(3)22-17)19(24)26-6/h7-8,12,21-22H,1-6H3/t12-/m1/s1. The monoisotopic (exact) mass is 378 g/mol. The summed E-state index contributed by atoms with van der Waals surface area (Å²) in [5.41, 5.74) is 3.49. The number of benzene rings is 1. The van der Waals surface area contributed by atoms with E-state index < -0.39 is 12.0 Å². The molecule has 0 fully saturated rings. The van der Waals surface area contributed by atoms with Crippen molar-refractivity contribution in [3.63, 3.8) is 0 Å². The molecule has 2 N–H and O–H groups in total. The zero-order valence-corrected chi connectivity index (χ0v) is 16.5. The summed E-state index contributed by atoms with van der Waals surface area (Å²) < 4.78 is 10.1. The number of Topliss-reactive ketones (excluding diaryl/α,β-unsaturated/α-hetero) is 1. The number of halogens is 1. The molecule has 2 aromatic rings. The van der Waals surface area contributed by atoms with Gasteiger partial charge in [-0.2, -0.15) is 0 Å². The summed E-state index contributed by atoms with van der Waals surface area (Å²) in [4.78, 5) is 27.8. The van der Waals surface area contributed by atoms with Crippen molar-refractivity contribution in [2.75, 3.05) is 19.5 Å². The fourth-order valence-corrected chi connectivity index (χ4v) is 3.02. The highest BCUT2D eigenvalue weighted by molar-refractivity contribution is 6.31. The van der Waals surface area contributed by atoms with Crippen LogP contribution in [0.5, 0.6) is 5.75 Å². The van der Waals surface area contributed by atoms with Gasteiger partial charge < -0.3 is 19.8 Å². The van der Waals surface area contributed by atoms with E-state index >= 15 is 0 Å². The third-order valence-electron chi connectivity index (χ3n) is 4.32. The minimum absolute atomic E-state index is 0.171.